The topological polar surface area (TPSA) is 84.3 Å². The molecule has 1 aromatic carbocycles. The van der Waals surface area contributed by atoms with Crippen LogP contribution in [-0.2, 0) is 11.2 Å². The first-order valence-electron chi connectivity index (χ1n) is 6.40. The summed E-state index contributed by atoms with van der Waals surface area (Å²) in [6.07, 6.45) is 2.28. The number of carbonyl (C=O) groups excluding carboxylic acids is 1. The van der Waals surface area contributed by atoms with Crippen LogP contribution in [0.2, 0.25) is 0 Å². The molecule has 2 N–H and O–H groups in total. The highest BCUT2D eigenvalue weighted by Crippen LogP contribution is 2.37. The summed E-state index contributed by atoms with van der Waals surface area (Å²) in [6.45, 7) is 2.16. The van der Waals surface area contributed by atoms with Crippen LogP contribution in [0.1, 0.15) is 25.3 Å². The lowest BCUT2D eigenvalue weighted by molar-refractivity contribution is -0.384. The molecule has 1 aliphatic carbocycles. The standard InChI is InChI=1S/C13H15N3O3/c1-7-2-9(3-7)14-11-6-10-8(5-13(17)15-10)4-12(11)16(18)19/h4,6-7,9,14H,2-3,5H2,1H3,(H,15,17). The number of nitro benzene ring substituents is 1. The molecular weight excluding hydrogens is 246 g/mol. The van der Waals surface area contributed by atoms with Crippen molar-refractivity contribution < 1.29 is 9.72 Å². The quantitative estimate of drug-likeness (QED) is 0.646. The van der Waals surface area contributed by atoms with E-state index >= 15 is 0 Å². The molecule has 0 spiro atoms. The Hall–Kier alpha value is -2.11. The fourth-order valence-corrected chi connectivity index (χ4v) is 2.77. The Bertz CT molecular complexity index is 564. The number of fused-ring (bicyclic) bond motifs is 1. The zero-order valence-corrected chi connectivity index (χ0v) is 10.6. The van der Waals surface area contributed by atoms with Crippen molar-refractivity contribution in [1.29, 1.82) is 0 Å². The highest BCUT2D eigenvalue weighted by atomic mass is 16.6. The maximum Gasteiger partial charge on any atom is 0.292 e. The lowest BCUT2D eigenvalue weighted by atomic mass is 9.82. The second kappa shape index (κ2) is 4.22. The maximum absolute atomic E-state index is 11.3. The van der Waals surface area contributed by atoms with Gasteiger partial charge in [-0.25, -0.2) is 0 Å². The predicted molar refractivity (Wildman–Crippen MR) is 71.2 cm³/mol. The van der Waals surface area contributed by atoms with E-state index in [-0.39, 0.29) is 18.0 Å². The number of nitrogens with one attached hydrogen (secondary N) is 2. The lowest BCUT2D eigenvalue weighted by Gasteiger charge is -2.34. The Morgan fingerprint density at radius 3 is 2.79 bits per heavy atom. The van der Waals surface area contributed by atoms with E-state index in [9.17, 15) is 14.9 Å². The van der Waals surface area contributed by atoms with E-state index in [4.69, 9.17) is 0 Å². The van der Waals surface area contributed by atoms with Gasteiger partial charge in [0.15, 0.2) is 0 Å². The van der Waals surface area contributed by atoms with Crippen molar-refractivity contribution in [3.05, 3.63) is 27.8 Å². The Kier molecular flexibility index (Phi) is 2.66. The fraction of sp³-hybridized carbons (Fsp3) is 0.462. The van der Waals surface area contributed by atoms with Crippen LogP contribution in [0.4, 0.5) is 17.1 Å². The van der Waals surface area contributed by atoms with Gasteiger partial charge in [0.2, 0.25) is 5.91 Å². The van der Waals surface area contributed by atoms with E-state index in [1.165, 1.54) is 6.07 Å². The molecule has 1 aromatic rings. The van der Waals surface area contributed by atoms with Gasteiger partial charge in [0.25, 0.3) is 5.69 Å². The van der Waals surface area contributed by atoms with Crippen molar-refractivity contribution in [2.75, 3.05) is 10.6 Å². The van der Waals surface area contributed by atoms with Crippen molar-refractivity contribution in [2.24, 2.45) is 5.92 Å². The van der Waals surface area contributed by atoms with Crippen LogP contribution in [0, 0.1) is 16.0 Å². The van der Waals surface area contributed by atoms with Gasteiger partial charge in [0.1, 0.15) is 5.69 Å². The molecule has 1 heterocycles. The minimum atomic E-state index is -0.395. The number of benzene rings is 1. The summed E-state index contributed by atoms with van der Waals surface area (Å²) in [5, 5.41) is 17.0. The first-order valence-corrected chi connectivity index (χ1v) is 6.40. The summed E-state index contributed by atoms with van der Waals surface area (Å²) in [5.41, 5.74) is 1.94. The first-order chi connectivity index (χ1) is 9.02. The summed E-state index contributed by atoms with van der Waals surface area (Å²) in [5.74, 6) is 0.560. The average molecular weight is 261 g/mol. The van der Waals surface area contributed by atoms with Crippen LogP contribution >= 0.6 is 0 Å². The van der Waals surface area contributed by atoms with E-state index in [1.54, 1.807) is 6.07 Å². The third-order valence-electron chi connectivity index (χ3n) is 3.78. The Morgan fingerprint density at radius 2 is 2.16 bits per heavy atom. The van der Waals surface area contributed by atoms with E-state index in [0.29, 0.717) is 28.9 Å². The van der Waals surface area contributed by atoms with E-state index in [2.05, 4.69) is 17.6 Å². The molecule has 2 aliphatic rings. The number of hydrogen-bond acceptors (Lipinski definition) is 4. The molecule has 1 fully saturated rings. The van der Waals surface area contributed by atoms with E-state index in [0.717, 1.165) is 12.8 Å². The van der Waals surface area contributed by atoms with Crippen LogP contribution < -0.4 is 10.6 Å². The molecule has 1 saturated carbocycles. The number of hydrogen-bond donors (Lipinski definition) is 2. The van der Waals surface area contributed by atoms with Crippen LogP contribution in [0.3, 0.4) is 0 Å². The Labute approximate surface area is 110 Å². The van der Waals surface area contributed by atoms with Gasteiger partial charge in [-0.2, -0.15) is 0 Å². The normalized spacial score (nSPS) is 24.4. The summed E-state index contributed by atoms with van der Waals surface area (Å²) in [7, 11) is 0. The minimum Gasteiger partial charge on any atom is -0.377 e. The van der Waals surface area contributed by atoms with Crippen LogP contribution in [0.25, 0.3) is 0 Å². The molecular formula is C13H15N3O3. The Balaban J connectivity index is 1.91. The van der Waals surface area contributed by atoms with Crippen molar-refractivity contribution in [3.8, 4) is 0 Å². The average Bonchev–Trinajstić information content (AvgIpc) is 2.65. The third-order valence-corrected chi connectivity index (χ3v) is 3.78. The minimum absolute atomic E-state index is 0.0507. The monoisotopic (exact) mass is 261 g/mol. The molecule has 1 amide bonds. The Morgan fingerprint density at radius 1 is 1.42 bits per heavy atom. The van der Waals surface area contributed by atoms with Gasteiger partial charge >= 0.3 is 0 Å². The number of anilines is 2. The molecule has 100 valence electrons. The van der Waals surface area contributed by atoms with Crippen molar-refractivity contribution in [2.45, 2.75) is 32.2 Å². The van der Waals surface area contributed by atoms with Gasteiger partial charge in [0.05, 0.1) is 11.3 Å². The van der Waals surface area contributed by atoms with Crippen LogP contribution in [-0.4, -0.2) is 16.9 Å². The highest BCUT2D eigenvalue weighted by molar-refractivity contribution is 6.00. The molecule has 0 atom stereocenters. The summed E-state index contributed by atoms with van der Waals surface area (Å²) >= 11 is 0. The van der Waals surface area contributed by atoms with Crippen molar-refractivity contribution in [3.63, 3.8) is 0 Å². The van der Waals surface area contributed by atoms with Gasteiger partial charge in [-0.1, -0.05) is 6.92 Å². The third kappa shape index (κ3) is 2.14. The number of nitrogens with zero attached hydrogens (tertiary/aromatic N) is 1. The number of carbonyl (C=O) groups is 1. The summed E-state index contributed by atoms with van der Waals surface area (Å²) in [4.78, 5) is 22.0. The van der Waals surface area contributed by atoms with Crippen LogP contribution in [0.5, 0.6) is 0 Å². The van der Waals surface area contributed by atoms with Gasteiger partial charge in [-0.3, -0.25) is 14.9 Å². The fourth-order valence-electron chi connectivity index (χ4n) is 2.77. The van der Waals surface area contributed by atoms with Gasteiger partial charge in [-0.05, 0) is 30.4 Å². The molecule has 0 radical (unpaired) electrons. The molecule has 3 rings (SSSR count). The molecule has 6 nitrogen and oxygen atoms in total. The van der Waals surface area contributed by atoms with Gasteiger partial charge in [-0.15, -0.1) is 0 Å². The second-order valence-electron chi connectivity index (χ2n) is 5.43. The van der Waals surface area contributed by atoms with Crippen molar-refractivity contribution in [1.82, 2.24) is 0 Å². The number of rotatable bonds is 3. The smallest absolute Gasteiger partial charge is 0.292 e. The molecule has 6 heteroatoms. The van der Waals surface area contributed by atoms with Crippen LogP contribution in [0.15, 0.2) is 12.1 Å². The van der Waals surface area contributed by atoms with Crippen molar-refractivity contribution >= 4 is 23.0 Å². The SMILES string of the molecule is CC1CC(Nc2cc3c(cc2[N+](=O)[O-])CC(=O)N3)C1. The zero-order valence-electron chi connectivity index (χ0n) is 10.6. The molecule has 0 bridgehead atoms. The number of amides is 1. The van der Waals surface area contributed by atoms with E-state index < -0.39 is 4.92 Å². The molecule has 1 aliphatic heterocycles. The van der Waals surface area contributed by atoms with E-state index in [1.807, 2.05) is 0 Å². The zero-order chi connectivity index (χ0) is 13.6. The predicted octanol–water partition coefficient (Wildman–Crippen LogP) is 2.30. The summed E-state index contributed by atoms with van der Waals surface area (Å²) < 4.78 is 0. The van der Waals surface area contributed by atoms with Gasteiger partial charge < -0.3 is 10.6 Å². The lowest BCUT2D eigenvalue weighted by Crippen LogP contribution is -2.33. The molecule has 0 unspecified atom stereocenters. The number of nitro groups is 1. The molecule has 19 heavy (non-hydrogen) atoms. The second-order valence-corrected chi connectivity index (χ2v) is 5.43. The largest absolute Gasteiger partial charge is 0.377 e. The summed E-state index contributed by atoms with van der Waals surface area (Å²) in [6, 6.07) is 3.47. The maximum atomic E-state index is 11.3. The highest BCUT2D eigenvalue weighted by Gasteiger charge is 2.29. The molecule has 0 aromatic heterocycles. The molecule has 0 saturated heterocycles. The van der Waals surface area contributed by atoms with Gasteiger partial charge in [0, 0.05) is 17.8 Å². The first kappa shape index (κ1) is 12.0.